The quantitative estimate of drug-likeness (QED) is 0.534. The normalized spacial score (nSPS) is 15.4. The van der Waals surface area contributed by atoms with Crippen LogP contribution in [0.3, 0.4) is 0 Å². The Bertz CT molecular complexity index is 1320. The van der Waals surface area contributed by atoms with Crippen molar-refractivity contribution in [1.29, 1.82) is 0 Å². The fourth-order valence-electron chi connectivity index (χ4n) is 4.96. The zero-order valence-corrected chi connectivity index (χ0v) is 22.8. The first-order valence-electron chi connectivity index (χ1n) is 13.6. The number of rotatable bonds is 6. The summed E-state index contributed by atoms with van der Waals surface area (Å²) in [5, 5.41) is 0.569. The van der Waals surface area contributed by atoms with Gasteiger partial charge in [-0.25, -0.2) is 4.98 Å². The van der Waals surface area contributed by atoms with Crippen molar-refractivity contribution in [2.75, 3.05) is 38.1 Å². The maximum absolute atomic E-state index is 13.4. The molecule has 0 spiro atoms. The van der Waals surface area contributed by atoms with E-state index >= 15 is 0 Å². The largest absolute Gasteiger partial charge is 0.337 e. The van der Waals surface area contributed by atoms with Gasteiger partial charge in [-0.05, 0) is 56.1 Å². The number of para-hydroxylation sites is 2. The molecule has 0 radical (unpaired) electrons. The van der Waals surface area contributed by atoms with Crippen molar-refractivity contribution in [2.24, 2.45) is 5.92 Å². The van der Waals surface area contributed by atoms with Crippen LogP contribution in [-0.2, 0) is 22.6 Å². The summed E-state index contributed by atoms with van der Waals surface area (Å²) in [6, 6.07) is 15.2. The maximum atomic E-state index is 13.4. The summed E-state index contributed by atoms with van der Waals surface area (Å²) in [6.07, 6.45) is 2.84. The van der Waals surface area contributed by atoms with Crippen LogP contribution in [0.4, 0.5) is 5.69 Å². The summed E-state index contributed by atoms with van der Waals surface area (Å²) in [4.78, 5) is 52.5. The molecule has 1 aliphatic heterocycles. The molecule has 0 saturated heterocycles. The minimum Gasteiger partial charge on any atom is -0.337 e. The smallest absolute Gasteiger partial charge is 0.258 e. The zero-order valence-electron chi connectivity index (χ0n) is 22.8. The average molecular weight is 518 g/mol. The summed E-state index contributed by atoms with van der Waals surface area (Å²) in [6.45, 7) is 7.50. The Hall–Kier alpha value is -3.52. The number of aromatic nitrogens is 2. The molecule has 1 aromatic heterocycles. The molecule has 2 amide bonds. The first-order chi connectivity index (χ1) is 18.3. The number of H-pyrrole nitrogens is 1. The second kappa shape index (κ2) is 12.8. The van der Waals surface area contributed by atoms with Crippen LogP contribution >= 0.6 is 0 Å². The number of carbonyl (C=O) groups excluding carboxylic acids is 2. The van der Waals surface area contributed by atoms with Crippen LogP contribution in [0.2, 0.25) is 0 Å². The van der Waals surface area contributed by atoms with E-state index in [0.29, 0.717) is 62.0 Å². The third-order valence-electron chi connectivity index (χ3n) is 7.02. The van der Waals surface area contributed by atoms with E-state index < -0.39 is 0 Å². The highest BCUT2D eigenvalue weighted by Crippen LogP contribution is 2.25. The number of amides is 2. The Morgan fingerprint density at radius 3 is 2.55 bits per heavy atom. The second-order valence-corrected chi connectivity index (χ2v) is 10.6. The molecule has 8 nitrogen and oxygen atoms in total. The molecule has 202 valence electrons. The van der Waals surface area contributed by atoms with E-state index in [-0.39, 0.29) is 23.3 Å². The van der Waals surface area contributed by atoms with Gasteiger partial charge in [0, 0.05) is 51.1 Å². The van der Waals surface area contributed by atoms with Gasteiger partial charge in [-0.1, -0.05) is 44.2 Å². The summed E-state index contributed by atoms with van der Waals surface area (Å²) < 4.78 is 0. The van der Waals surface area contributed by atoms with Gasteiger partial charge in [0.1, 0.15) is 5.82 Å². The third-order valence-corrected chi connectivity index (χ3v) is 7.02. The molecule has 0 atom stereocenters. The Morgan fingerprint density at radius 2 is 1.74 bits per heavy atom. The van der Waals surface area contributed by atoms with Gasteiger partial charge in [0.25, 0.3) is 5.56 Å². The number of aromatic amines is 1. The maximum Gasteiger partial charge on any atom is 0.258 e. The van der Waals surface area contributed by atoms with Crippen LogP contribution in [0.1, 0.15) is 50.9 Å². The van der Waals surface area contributed by atoms with Crippen LogP contribution in [0.5, 0.6) is 0 Å². The summed E-state index contributed by atoms with van der Waals surface area (Å²) in [5.41, 5.74) is 2.41. The number of nitrogens with one attached hydrogen (secondary N) is 1. The van der Waals surface area contributed by atoms with Crippen molar-refractivity contribution in [1.82, 2.24) is 19.8 Å². The molecule has 0 bridgehead atoms. The van der Waals surface area contributed by atoms with E-state index in [2.05, 4.69) is 35.8 Å². The van der Waals surface area contributed by atoms with E-state index in [1.54, 1.807) is 6.07 Å². The van der Waals surface area contributed by atoms with Crippen molar-refractivity contribution in [3.05, 3.63) is 70.3 Å². The van der Waals surface area contributed by atoms with Crippen LogP contribution in [0, 0.1) is 5.92 Å². The fourth-order valence-corrected chi connectivity index (χ4v) is 4.96. The number of benzene rings is 2. The van der Waals surface area contributed by atoms with Gasteiger partial charge in [-0.15, -0.1) is 0 Å². The van der Waals surface area contributed by atoms with Crippen LogP contribution in [0.25, 0.3) is 10.9 Å². The molecular formula is C30H39N5O3. The van der Waals surface area contributed by atoms with Gasteiger partial charge in [0.15, 0.2) is 0 Å². The predicted molar refractivity (Wildman–Crippen MR) is 151 cm³/mol. The molecule has 1 N–H and O–H groups in total. The van der Waals surface area contributed by atoms with Gasteiger partial charge in [-0.3, -0.25) is 14.4 Å². The summed E-state index contributed by atoms with van der Waals surface area (Å²) in [5.74, 6) is 1.07. The number of anilines is 1. The lowest BCUT2D eigenvalue weighted by atomic mass is 10.1. The minimum absolute atomic E-state index is 0.0654. The van der Waals surface area contributed by atoms with Crippen molar-refractivity contribution < 1.29 is 9.59 Å². The first kappa shape index (κ1) is 27.5. The van der Waals surface area contributed by atoms with Crippen LogP contribution in [0.15, 0.2) is 53.3 Å². The lowest BCUT2D eigenvalue weighted by Gasteiger charge is -2.28. The van der Waals surface area contributed by atoms with E-state index in [0.717, 1.165) is 30.8 Å². The molecule has 0 fully saturated rings. The average Bonchev–Trinajstić information content (AvgIpc) is 2.91. The monoisotopic (exact) mass is 517 g/mol. The number of aryl methyl sites for hydroxylation is 1. The van der Waals surface area contributed by atoms with Crippen molar-refractivity contribution in [2.45, 2.75) is 52.5 Å². The number of hydrogen-bond acceptors (Lipinski definition) is 5. The van der Waals surface area contributed by atoms with Crippen LogP contribution in [-0.4, -0.2) is 64.8 Å². The Morgan fingerprint density at radius 1 is 0.974 bits per heavy atom. The van der Waals surface area contributed by atoms with Gasteiger partial charge in [-0.2, -0.15) is 0 Å². The number of hydrogen-bond donors (Lipinski definition) is 1. The van der Waals surface area contributed by atoms with Crippen LogP contribution < -0.4 is 10.5 Å². The highest BCUT2D eigenvalue weighted by Gasteiger charge is 2.23. The lowest BCUT2D eigenvalue weighted by Crippen LogP contribution is -2.37. The Kier molecular flexibility index (Phi) is 9.29. The zero-order chi connectivity index (χ0) is 27.1. The highest BCUT2D eigenvalue weighted by atomic mass is 16.2. The fraction of sp³-hybridized carbons (Fsp3) is 0.467. The molecule has 2 heterocycles. The van der Waals surface area contributed by atoms with E-state index in [1.807, 2.05) is 52.3 Å². The molecule has 4 rings (SSSR count). The Labute approximate surface area is 224 Å². The number of fused-ring (bicyclic) bond motifs is 2. The van der Waals surface area contributed by atoms with E-state index in [9.17, 15) is 14.4 Å². The molecular weight excluding hydrogens is 478 g/mol. The molecule has 0 aliphatic carbocycles. The van der Waals surface area contributed by atoms with Gasteiger partial charge < -0.3 is 19.7 Å². The molecule has 8 heteroatoms. The molecule has 3 aromatic rings. The topological polar surface area (TPSA) is 89.6 Å². The predicted octanol–water partition coefficient (Wildman–Crippen LogP) is 3.99. The van der Waals surface area contributed by atoms with Gasteiger partial charge in [0.05, 0.1) is 10.9 Å². The lowest BCUT2D eigenvalue weighted by molar-refractivity contribution is -0.132. The van der Waals surface area contributed by atoms with Gasteiger partial charge in [0.2, 0.25) is 11.8 Å². The van der Waals surface area contributed by atoms with Crippen molar-refractivity contribution in [3.8, 4) is 0 Å². The minimum atomic E-state index is -0.153. The Balaban J connectivity index is 1.49. The molecule has 0 unspecified atom stereocenters. The third kappa shape index (κ3) is 7.07. The van der Waals surface area contributed by atoms with Crippen molar-refractivity contribution >= 4 is 28.4 Å². The molecule has 2 aromatic carbocycles. The first-order valence-corrected chi connectivity index (χ1v) is 13.6. The summed E-state index contributed by atoms with van der Waals surface area (Å²) in [7, 11) is 2.07. The molecule has 0 saturated carbocycles. The number of carbonyl (C=O) groups is 2. The van der Waals surface area contributed by atoms with E-state index in [4.69, 9.17) is 0 Å². The van der Waals surface area contributed by atoms with Gasteiger partial charge >= 0.3 is 0 Å². The summed E-state index contributed by atoms with van der Waals surface area (Å²) >= 11 is 0. The molecule has 1 aliphatic rings. The number of likely N-dealkylation sites (N-methyl/N-ethyl adjacent to an activating group) is 1. The highest BCUT2D eigenvalue weighted by molar-refractivity contribution is 5.94. The standard InChI is InChI=1S/C30H39N5O3/c1-22(2)20-29(37)35-17-9-16-33(3)18-19-34(21-23-10-4-7-13-26(23)35)28(36)15-8-14-27-31-25-12-6-5-11-24(25)30(38)32-27/h4-7,10-13,22H,8-9,14-21H2,1-3H3,(H,31,32,38). The SMILES string of the molecule is CC(C)CC(=O)N1CCCN(C)CCN(C(=O)CCCc2nc3ccccc3c(=O)[nH]2)Cc2ccccc21. The second-order valence-electron chi connectivity index (χ2n) is 10.6. The van der Waals surface area contributed by atoms with E-state index in [1.165, 1.54) is 0 Å². The number of nitrogens with zero attached hydrogens (tertiary/aromatic N) is 4. The molecule has 38 heavy (non-hydrogen) atoms. The van der Waals surface area contributed by atoms with Crippen molar-refractivity contribution in [3.63, 3.8) is 0 Å².